The van der Waals surface area contributed by atoms with Gasteiger partial charge in [0.05, 0.1) is 0 Å². The van der Waals surface area contributed by atoms with E-state index in [1.54, 1.807) is 0 Å². The molecule has 2 rings (SSSR count). The molecule has 108 valence electrons. The average molecular weight is 340 g/mol. The van der Waals surface area contributed by atoms with Crippen molar-refractivity contribution in [2.45, 2.75) is 19.8 Å². The number of hydrogen-bond acceptors (Lipinski definition) is 4. The standard InChI is InChI=1S/C15H18BrNO3/c1-10-2-5-12(6-3-10)14-15(16)20-13(17-14)7-4-11(8-18)9-19/h2-3,5-6,11,18-19H,4,7-9H2,1H3. The third-order valence-corrected chi connectivity index (χ3v) is 3.78. The van der Waals surface area contributed by atoms with E-state index in [0.717, 1.165) is 11.3 Å². The maximum absolute atomic E-state index is 9.05. The summed E-state index contributed by atoms with van der Waals surface area (Å²) in [5, 5.41) is 18.1. The van der Waals surface area contributed by atoms with Gasteiger partial charge in [0.15, 0.2) is 10.6 Å². The Morgan fingerprint density at radius 1 is 1.20 bits per heavy atom. The predicted octanol–water partition coefficient (Wildman–Crippen LogP) is 2.95. The van der Waals surface area contributed by atoms with Crippen molar-refractivity contribution in [3.63, 3.8) is 0 Å². The van der Waals surface area contributed by atoms with Gasteiger partial charge in [0.25, 0.3) is 0 Å². The van der Waals surface area contributed by atoms with Crippen molar-refractivity contribution in [1.29, 1.82) is 0 Å². The molecule has 20 heavy (non-hydrogen) atoms. The number of benzene rings is 1. The van der Waals surface area contributed by atoms with E-state index in [0.29, 0.717) is 23.4 Å². The first-order valence-corrected chi connectivity index (χ1v) is 7.37. The van der Waals surface area contributed by atoms with Crippen LogP contribution in [0.1, 0.15) is 17.9 Å². The zero-order valence-corrected chi connectivity index (χ0v) is 12.9. The first kappa shape index (κ1) is 15.2. The molecule has 0 bridgehead atoms. The van der Waals surface area contributed by atoms with Crippen LogP contribution in [-0.4, -0.2) is 28.4 Å². The minimum Gasteiger partial charge on any atom is -0.433 e. The van der Waals surface area contributed by atoms with Gasteiger partial charge in [-0.2, -0.15) is 0 Å². The monoisotopic (exact) mass is 339 g/mol. The fourth-order valence-corrected chi connectivity index (χ4v) is 2.41. The van der Waals surface area contributed by atoms with Gasteiger partial charge in [-0.05, 0) is 29.3 Å². The topological polar surface area (TPSA) is 66.5 Å². The second-order valence-electron chi connectivity index (χ2n) is 4.87. The van der Waals surface area contributed by atoms with Crippen LogP contribution in [0.15, 0.2) is 33.4 Å². The first-order valence-electron chi connectivity index (χ1n) is 6.58. The first-order chi connectivity index (χ1) is 9.63. The van der Waals surface area contributed by atoms with E-state index in [4.69, 9.17) is 14.6 Å². The van der Waals surface area contributed by atoms with Crippen LogP contribution >= 0.6 is 15.9 Å². The molecule has 4 nitrogen and oxygen atoms in total. The van der Waals surface area contributed by atoms with Gasteiger partial charge in [-0.25, -0.2) is 4.98 Å². The Bertz CT molecular complexity index is 547. The van der Waals surface area contributed by atoms with E-state index in [1.807, 2.05) is 31.2 Å². The fourth-order valence-electron chi connectivity index (χ4n) is 1.91. The van der Waals surface area contributed by atoms with E-state index in [1.165, 1.54) is 5.56 Å². The molecule has 0 aliphatic rings. The summed E-state index contributed by atoms with van der Waals surface area (Å²) in [5.74, 6) is 0.489. The molecule has 1 aromatic heterocycles. The summed E-state index contributed by atoms with van der Waals surface area (Å²) in [7, 11) is 0. The molecule has 0 saturated heterocycles. The van der Waals surface area contributed by atoms with Crippen molar-refractivity contribution in [1.82, 2.24) is 4.98 Å². The van der Waals surface area contributed by atoms with Gasteiger partial charge in [-0.1, -0.05) is 29.8 Å². The van der Waals surface area contributed by atoms with Crippen LogP contribution in [0, 0.1) is 12.8 Å². The quantitative estimate of drug-likeness (QED) is 0.849. The summed E-state index contributed by atoms with van der Waals surface area (Å²) in [5.41, 5.74) is 2.98. The number of hydrogen-bond donors (Lipinski definition) is 2. The minimum absolute atomic E-state index is 0.0246. The summed E-state index contributed by atoms with van der Waals surface area (Å²) in [6, 6.07) is 8.07. The largest absolute Gasteiger partial charge is 0.433 e. The third-order valence-electron chi connectivity index (χ3n) is 3.24. The van der Waals surface area contributed by atoms with E-state index in [9.17, 15) is 0 Å². The van der Waals surface area contributed by atoms with Gasteiger partial charge < -0.3 is 14.6 Å². The highest BCUT2D eigenvalue weighted by Gasteiger charge is 2.14. The molecule has 1 heterocycles. The number of aromatic nitrogens is 1. The number of halogens is 1. The van der Waals surface area contributed by atoms with Gasteiger partial charge in [0, 0.05) is 31.1 Å². The Labute approximate surface area is 126 Å². The van der Waals surface area contributed by atoms with E-state index in [-0.39, 0.29) is 19.1 Å². The molecule has 0 aliphatic heterocycles. The Balaban J connectivity index is 2.11. The molecule has 2 N–H and O–H groups in total. The summed E-state index contributed by atoms with van der Waals surface area (Å²) < 4.78 is 6.19. The van der Waals surface area contributed by atoms with Crippen LogP contribution in [0.5, 0.6) is 0 Å². The van der Waals surface area contributed by atoms with E-state index in [2.05, 4.69) is 20.9 Å². The van der Waals surface area contributed by atoms with Gasteiger partial charge >= 0.3 is 0 Å². The SMILES string of the molecule is Cc1ccc(-c2nc(CCC(CO)CO)oc2Br)cc1. The Hall–Kier alpha value is -1.17. The smallest absolute Gasteiger partial charge is 0.197 e. The van der Waals surface area contributed by atoms with Crippen molar-refractivity contribution in [2.24, 2.45) is 5.92 Å². The number of oxazole rings is 1. The minimum atomic E-state index is -0.122. The Kier molecular flexibility index (Phi) is 5.34. The highest BCUT2D eigenvalue weighted by molar-refractivity contribution is 9.10. The van der Waals surface area contributed by atoms with Gasteiger partial charge in [-0.3, -0.25) is 0 Å². The summed E-state index contributed by atoms with van der Waals surface area (Å²) in [6.45, 7) is 1.99. The van der Waals surface area contributed by atoms with E-state index >= 15 is 0 Å². The van der Waals surface area contributed by atoms with E-state index < -0.39 is 0 Å². The molecule has 0 unspecified atom stereocenters. The van der Waals surface area contributed by atoms with Crippen molar-refractivity contribution in [3.8, 4) is 11.3 Å². The molecule has 0 radical (unpaired) electrons. The number of aliphatic hydroxyl groups is 2. The van der Waals surface area contributed by atoms with Gasteiger partial charge in [0.2, 0.25) is 0 Å². The van der Waals surface area contributed by atoms with Crippen LogP contribution < -0.4 is 0 Å². The Morgan fingerprint density at radius 2 is 1.85 bits per heavy atom. The van der Waals surface area contributed by atoms with Crippen LogP contribution in [0.4, 0.5) is 0 Å². The molecule has 0 saturated carbocycles. The molecule has 0 amide bonds. The predicted molar refractivity (Wildman–Crippen MR) is 80.4 cm³/mol. The molecule has 0 atom stereocenters. The lowest BCUT2D eigenvalue weighted by Gasteiger charge is -2.07. The van der Waals surface area contributed by atoms with Crippen molar-refractivity contribution >= 4 is 15.9 Å². The van der Waals surface area contributed by atoms with Gasteiger partial charge in [0.1, 0.15) is 5.69 Å². The third kappa shape index (κ3) is 3.69. The lowest BCUT2D eigenvalue weighted by molar-refractivity contribution is 0.142. The maximum Gasteiger partial charge on any atom is 0.197 e. The second-order valence-corrected chi connectivity index (χ2v) is 5.59. The molecular weight excluding hydrogens is 322 g/mol. The number of nitrogens with zero attached hydrogens (tertiary/aromatic N) is 1. The molecule has 1 aromatic carbocycles. The van der Waals surface area contributed by atoms with Crippen molar-refractivity contribution in [3.05, 3.63) is 40.4 Å². The molecule has 0 fully saturated rings. The molecule has 2 aromatic rings. The van der Waals surface area contributed by atoms with Crippen LogP contribution in [0.25, 0.3) is 11.3 Å². The lowest BCUT2D eigenvalue weighted by Crippen LogP contribution is -2.11. The summed E-state index contributed by atoms with van der Waals surface area (Å²) >= 11 is 3.39. The lowest BCUT2D eigenvalue weighted by atomic mass is 10.1. The summed E-state index contributed by atoms with van der Waals surface area (Å²) in [4.78, 5) is 4.47. The highest BCUT2D eigenvalue weighted by atomic mass is 79.9. The second kappa shape index (κ2) is 7.02. The van der Waals surface area contributed by atoms with Gasteiger partial charge in [-0.15, -0.1) is 0 Å². The van der Waals surface area contributed by atoms with Crippen LogP contribution in [0.3, 0.4) is 0 Å². The number of aryl methyl sites for hydroxylation is 2. The Morgan fingerprint density at radius 3 is 2.45 bits per heavy atom. The van der Waals surface area contributed by atoms with Crippen molar-refractivity contribution in [2.75, 3.05) is 13.2 Å². The molecule has 0 aliphatic carbocycles. The van der Waals surface area contributed by atoms with Crippen LogP contribution in [-0.2, 0) is 6.42 Å². The zero-order chi connectivity index (χ0) is 14.5. The fraction of sp³-hybridized carbons (Fsp3) is 0.400. The average Bonchev–Trinajstić information content (AvgIpc) is 2.82. The molecule has 5 heteroatoms. The molecular formula is C15H18BrNO3. The maximum atomic E-state index is 9.05. The number of aliphatic hydroxyl groups excluding tert-OH is 2. The summed E-state index contributed by atoms with van der Waals surface area (Å²) in [6.07, 6.45) is 1.24. The number of rotatable bonds is 6. The molecule has 0 spiro atoms. The normalized spacial score (nSPS) is 11.2. The zero-order valence-electron chi connectivity index (χ0n) is 11.3. The van der Waals surface area contributed by atoms with Crippen LogP contribution in [0.2, 0.25) is 0 Å². The van der Waals surface area contributed by atoms with Crippen molar-refractivity contribution < 1.29 is 14.6 Å². The highest BCUT2D eigenvalue weighted by Crippen LogP contribution is 2.29.